The van der Waals surface area contributed by atoms with E-state index in [1.165, 1.54) is 89.8 Å². The van der Waals surface area contributed by atoms with Crippen molar-refractivity contribution in [3.05, 3.63) is 187 Å². The fourth-order valence-electron chi connectivity index (χ4n) is 11.3. The van der Waals surface area contributed by atoms with Gasteiger partial charge in [0.2, 0.25) is 0 Å². The Morgan fingerprint density at radius 1 is 0.531 bits per heavy atom. The maximum absolute atomic E-state index is 7.41. The summed E-state index contributed by atoms with van der Waals surface area (Å²) in [5.74, 6) is 0. The highest BCUT2D eigenvalue weighted by atomic mass is 16.3. The van der Waals surface area contributed by atoms with Crippen molar-refractivity contribution in [2.75, 3.05) is 9.71 Å². The fraction of sp³-hybridized carbons (Fsp3) is 0.200. The lowest BCUT2D eigenvalue weighted by molar-refractivity contribution is 0.332. The molecule has 0 spiro atoms. The lowest BCUT2D eigenvalue weighted by atomic mass is 9.45. The first-order chi connectivity index (χ1) is 30.9. The molecule has 0 atom stereocenters. The molecular formula is C60H53BN2O. The molecule has 0 radical (unpaired) electrons. The van der Waals surface area contributed by atoms with Crippen molar-refractivity contribution < 1.29 is 4.42 Å². The monoisotopic (exact) mass is 828 g/mol. The minimum Gasteiger partial charge on any atom is -0.466 e. The molecule has 0 N–H and O–H groups in total. The first-order valence-corrected chi connectivity index (χ1v) is 23.1. The quantitative estimate of drug-likeness (QED) is 0.165. The third kappa shape index (κ3) is 5.81. The first kappa shape index (κ1) is 38.9. The smallest absolute Gasteiger partial charge is 0.375 e. The number of hydrogen-bond donors (Lipinski definition) is 0. The zero-order valence-electron chi connectivity index (χ0n) is 38.0. The van der Waals surface area contributed by atoms with Gasteiger partial charge >= 0.3 is 6.85 Å². The van der Waals surface area contributed by atoms with Crippen LogP contribution in [0.4, 0.5) is 28.4 Å². The summed E-state index contributed by atoms with van der Waals surface area (Å²) in [6.07, 6.45) is 2.32. The Balaban J connectivity index is 1.23. The van der Waals surface area contributed by atoms with E-state index in [4.69, 9.17) is 4.42 Å². The number of benzene rings is 8. The first-order valence-electron chi connectivity index (χ1n) is 23.1. The summed E-state index contributed by atoms with van der Waals surface area (Å²) in [5, 5.41) is 3.57. The summed E-state index contributed by atoms with van der Waals surface area (Å²) in [6.45, 7) is 16.4. The van der Waals surface area contributed by atoms with Crippen molar-refractivity contribution in [3.63, 3.8) is 0 Å². The molecule has 12 rings (SSSR count). The van der Waals surface area contributed by atoms with Gasteiger partial charge in [-0.15, -0.1) is 0 Å². The van der Waals surface area contributed by atoms with Gasteiger partial charge in [0, 0.05) is 33.6 Å². The van der Waals surface area contributed by atoms with E-state index in [2.05, 4.69) is 228 Å². The van der Waals surface area contributed by atoms with E-state index in [0.29, 0.717) is 0 Å². The molecule has 1 aliphatic carbocycles. The number of furan rings is 1. The average molecular weight is 829 g/mol. The van der Waals surface area contributed by atoms with E-state index < -0.39 is 0 Å². The van der Waals surface area contributed by atoms with E-state index in [1.807, 2.05) is 0 Å². The third-order valence-corrected chi connectivity index (χ3v) is 14.8. The second-order valence-electron chi connectivity index (χ2n) is 20.8. The largest absolute Gasteiger partial charge is 0.466 e. The van der Waals surface area contributed by atoms with E-state index in [9.17, 15) is 0 Å². The number of fused-ring (bicyclic) bond motifs is 9. The summed E-state index contributed by atoms with van der Waals surface area (Å²) in [7, 11) is 0. The van der Waals surface area contributed by atoms with Gasteiger partial charge in [0.25, 0.3) is 0 Å². The van der Waals surface area contributed by atoms with Crippen LogP contribution in [0.2, 0.25) is 0 Å². The normalized spacial score (nSPS) is 15.8. The van der Waals surface area contributed by atoms with Gasteiger partial charge in [-0.3, -0.25) is 0 Å². The highest BCUT2D eigenvalue weighted by Crippen LogP contribution is 2.54. The Hall–Kier alpha value is -6.78. The Labute approximate surface area is 378 Å². The molecule has 0 unspecified atom stereocenters. The molecule has 0 amide bonds. The highest BCUT2D eigenvalue weighted by molar-refractivity contribution is 6.93. The number of nitrogens with zero attached hydrogens (tertiary/aromatic N) is 2. The molecular weight excluding hydrogens is 775 g/mol. The van der Waals surface area contributed by atoms with Crippen LogP contribution in [0.25, 0.3) is 55.1 Å². The van der Waals surface area contributed by atoms with Crippen LogP contribution >= 0.6 is 0 Å². The molecule has 4 heteroatoms. The second kappa shape index (κ2) is 13.9. The minimum atomic E-state index is -0.265. The van der Waals surface area contributed by atoms with Crippen LogP contribution in [0.15, 0.2) is 174 Å². The van der Waals surface area contributed by atoms with Crippen LogP contribution in [0, 0.1) is 0 Å². The summed E-state index contributed by atoms with van der Waals surface area (Å²) in [6, 6.07) is 63.6. The lowest BCUT2D eigenvalue weighted by Gasteiger charge is -2.46. The summed E-state index contributed by atoms with van der Waals surface area (Å²) < 4.78 is 7.41. The van der Waals surface area contributed by atoms with Gasteiger partial charge in [-0.1, -0.05) is 170 Å². The van der Waals surface area contributed by atoms with Crippen LogP contribution in [0.3, 0.4) is 0 Å². The summed E-state index contributed by atoms with van der Waals surface area (Å²) in [5.41, 5.74) is 20.5. The summed E-state index contributed by atoms with van der Waals surface area (Å²) in [4.78, 5) is 5.19. The number of hydrogen-bond acceptors (Lipinski definition) is 3. The number of para-hydroxylation sites is 1. The van der Waals surface area contributed by atoms with Gasteiger partial charge in [-0.25, -0.2) is 0 Å². The van der Waals surface area contributed by atoms with Gasteiger partial charge < -0.3 is 14.1 Å². The highest BCUT2D eigenvalue weighted by Gasteiger charge is 2.50. The molecule has 1 aromatic heterocycles. The maximum atomic E-state index is 7.41. The van der Waals surface area contributed by atoms with Crippen molar-refractivity contribution in [3.8, 4) is 33.4 Å². The Bertz CT molecular complexity index is 3340. The molecule has 2 aliphatic heterocycles. The molecule has 312 valence electrons. The van der Waals surface area contributed by atoms with Gasteiger partial charge in [0.15, 0.2) is 0 Å². The second-order valence-corrected chi connectivity index (χ2v) is 20.8. The van der Waals surface area contributed by atoms with Gasteiger partial charge in [-0.05, 0) is 133 Å². The molecule has 0 saturated carbocycles. The fourth-order valence-corrected chi connectivity index (χ4v) is 11.3. The lowest BCUT2D eigenvalue weighted by Crippen LogP contribution is -2.61. The average Bonchev–Trinajstić information content (AvgIpc) is 3.69. The van der Waals surface area contributed by atoms with Gasteiger partial charge in [-0.2, -0.15) is 0 Å². The zero-order chi connectivity index (χ0) is 43.7. The molecule has 8 aromatic carbocycles. The van der Waals surface area contributed by atoms with Crippen molar-refractivity contribution >= 4 is 68.1 Å². The molecule has 0 saturated heterocycles. The molecule has 3 aliphatic rings. The van der Waals surface area contributed by atoms with Crippen LogP contribution in [-0.4, -0.2) is 6.85 Å². The zero-order valence-corrected chi connectivity index (χ0v) is 38.0. The molecule has 3 heterocycles. The Morgan fingerprint density at radius 2 is 1.20 bits per heavy atom. The van der Waals surface area contributed by atoms with Crippen LogP contribution in [-0.2, 0) is 16.2 Å². The Kier molecular flexibility index (Phi) is 8.42. The third-order valence-electron chi connectivity index (χ3n) is 14.8. The van der Waals surface area contributed by atoms with Gasteiger partial charge in [0.1, 0.15) is 11.2 Å². The minimum absolute atomic E-state index is 0.0333. The van der Waals surface area contributed by atoms with E-state index in [1.54, 1.807) is 0 Å². The van der Waals surface area contributed by atoms with Crippen LogP contribution in [0.1, 0.15) is 78.0 Å². The molecule has 9 aromatic rings. The van der Waals surface area contributed by atoms with Crippen LogP contribution < -0.4 is 20.8 Å². The SMILES string of the molecule is CC(C)(C)c1ccc(N2c3cc4ccccc4c4c3B(c3oc5ccccc5c32)N(c2ccc3c(c2)C(C)(C)CCC3(C)C)c2cc(-c3ccccc3)ccc2-4)c(-c2ccccc2)c1. The predicted octanol–water partition coefficient (Wildman–Crippen LogP) is 15.3. The van der Waals surface area contributed by atoms with Crippen LogP contribution in [0.5, 0.6) is 0 Å². The molecule has 3 nitrogen and oxygen atoms in total. The standard InChI is InChI=1S/C60H53BN2O/c1-58(2,3)42-27-31-50(47(36-42)39-20-12-9-13-21-39)62-52-35-41-22-14-15-23-44(41)54-45-29-26-40(38-18-10-8-11-19-38)34-51(45)63(43-28-30-48-49(37-43)60(6,7)33-32-59(48,4)5)61(55(52)54)57-56(62)46-24-16-17-25-53(46)64-57/h8-31,34-37H,32-33H2,1-7H3. The van der Waals surface area contributed by atoms with Crippen molar-refractivity contribution in [1.82, 2.24) is 0 Å². The number of anilines is 5. The summed E-state index contributed by atoms with van der Waals surface area (Å²) >= 11 is 0. The molecule has 0 bridgehead atoms. The molecule has 64 heavy (non-hydrogen) atoms. The van der Waals surface area contributed by atoms with E-state index in [-0.39, 0.29) is 23.1 Å². The topological polar surface area (TPSA) is 19.6 Å². The molecule has 0 fully saturated rings. The maximum Gasteiger partial charge on any atom is 0.375 e. The predicted molar refractivity (Wildman–Crippen MR) is 272 cm³/mol. The van der Waals surface area contributed by atoms with Gasteiger partial charge in [0.05, 0.1) is 11.4 Å². The number of rotatable bonds is 4. The van der Waals surface area contributed by atoms with Crippen molar-refractivity contribution in [1.29, 1.82) is 0 Å². The van der Waals surface area contributed by atoms with Crippen molar-refractivity contribution in [2.24, 2.45) is 0 Å². The van der Waals surface area contributed by atoms with Crippen molar-refractivity contribution in [2.45, 2.75) is 77.6 Å². The van der Waals surface area contributed by atoms with E-state index in [0.717, 1.165) is 34.4 Å². The van der Waals surface area contributed by atoms with E-state index >= 15 is 0 Å². The Morgan fingerprint density at radius 3 is 1.95 bits per heavy atom.